The predicted molar refractivity (Wildman–Crippen MR) is 57.2 cm³/mol. The van der Waals surface area contributed by atoms with E-state index in [1.165, 1.54) is 4.90 Å². The van der Waals surface area contributed by atoms with Gasteiger partial charge in [0.1, 0.15) is 0 Å². The van der Waals surface area contributed by atoms with E-state index in [4.69, 9.17) is 15.1 Å². The van der Waals surface area contributed by atoms with Crippen LogP contribution >= 0.6 is 0 Å². The van der Waals surface area contributed by atoms with Crippen LogP contribution in [0.1, 0.15) is 13.3 Å². The summed E-state index contributed by atoms with van der Waals surface area (Å²) in [7, 11) is 0. The van der Waals surface area contributed by atoms with Gasteiger partial charge in [-0.15, -0.1) is 0 Å². The summed E-state index contributed by atoms with van der Waals surface area (Å²) in [5.41, 5.74) is 0. The molecule has 0 saturated carbocycles. The van der Waals surface area contributed by atoms with Gasteiger partial charge in [-0.05, 0) is 6.92 Å². The van der Waals surface area contributed by atoms with Crippen molar-refractivity contribution in [2.45, 2.75) is 25.5 Å². The number of urea groups is 1. The molecule has 94 valence electrons. The molecule has 0 aromatic rings. The lowest BCUT2D eigenvalue weighted by molar-refractivity contribution is -0.137. The summed E-state index contributed by atoms with van der Waals surface area (Å²) in [5.74, 6) is -0.963. The Kier molecular flexibility index (Phi) is 4.72. The number of ether oxygens (including phenoxy) is 1. The minimum Gasteiger partial charge on any atom is -0.481 e. The van der Waals surface area contributed by atoms with Crippen LogP contribution in [-0.4, -0.2) is 53.8 Å². The summed E-state index contributed by atoms with van der Waals surface area (Å²) >= 11 is 0. The van der Waals surface area contributed by atoms with Crippen LogP contribution in [0.15, 0.2) is 0 Å². The first-order valence-corrected chi connectivity index (χ1v) is 5.31. The van der Waals surface area contributed by atoms with Gasteiger partial charge in [-0.2, -0.15) is 5.26 Å². The third-order valence-corrected chi connectivity index (χ3v) is 2.35. The van der Waals surface area contributed by atoms with Crippen molar-refractivity contribution in [2.75, 3.05) is 19.7 Å². The Morgan fingerprint density at radius 1 is 1.71 bits per heavy atom. The maximum atomic E-state index is 11.7. The fourth-order valence-corrected chi connectivity index (χ4v) is 1.53. The third kappa shape index (κ3) is 4.28. The number of hydrogen-bond acceptors (Lipinski definition) is 4. The molecular formula is C10H15N3O4. The molecule has 0 bridgehead atoms. The zero-order valence-electron chi connectivity index (χ0n) is 9.55. The van der Waals surface area contributed by atoms with Gasteiger partial charge < -0.3 is 20.1 Å². The smallest absolute Gasteiger partial charge is 0.317 e. The molecule has 1 rings (SSSR count). The highest BCUT2D eigenvalue weighted by Crippen LogP contribution is 2.05. The van der Waals surface area contributed by atoms with Crippen molar-refractivity contribution in [2.24, 2.45) is 0 Å². The number of nitriles is 1. The first-order chi connectivity index (χ1) is 8.02. The lowest BCUT2D eigenvalue weighted by atomic mass is 10.2. The summed E-state index contributed by atoms with van der Waals surface area (Å²) in [4.78, 5) is 23.6. The number of carboxylic acid groups (broad SMARTS) is 1. The average molecular weight is 241 g/mol. The second-order valence-electron chi connectivity index (χ2n) is 3.88. The van der Waals surface area contributed by atoms with Gasteiger partial charge in [0.2, 0.25) is 0 Å². The van der Waals surface area contributed by atoms with Gasteiger partial charge in [-0.3, -0.25) is 4.79 Å². The highest BCUT2D eigenvalue weighted by molar-refractivity contribution is 5.76. The van der Waals surface area contributed by atoms with Crippen molar-refractivity contribution in [3.63, 3.8) is 0 Å². The molecule has 7 nitrogen and oxygen atoms in total. The van der Waals surface area contributed by atoms with Crippen molar-refractivity contribution in [3.8, 4) is 6.07 Å². The van der Waals surface area contributed by atoms with Gasteiger partial charge in [0.15, 0.2) is 6.10 Å². The first-order valence-electron chi connectivity index (χ1n) is 5.31. The Hall–Kier alpha value is -1.81. The molecular weight excluding hydrogens is 226 g/mol. The van der Waals surface area contributed by atoms with Crippen molar-refractivity contribution >= 4 is 12.0 Å². The van der Waals surface area contributed by atoms with Crippen LogP contribution in [0.5, 0.6) is 0 Å². The molecule has 7 heteroatoms. The maximum absolute atomic E-state index is 11.7. The number of nitrogens with one attached hydrogen (secondary N) is 1. The largest absolute Gasteiger partial charge is 0.481 e. The fraction of sp³-hybridized carbons (Fsp3) is 0.700. The monoisotopic (exact) mass is 241 g/mol. The average Bonchev–Trinajstić information content (AvgIpc) is 2.27. The molecule has 0 aliphatic carbocycles. The Morgan fingerprint density at radius 3 is 3.00 bits per heavy atom. The molecule has 2 atom stereocenters. The van der Waals surface area contributed by atoms with E-state index in [0.29, 0.717) is 13.2 Å². The summed E-state index contributed by atoms with van der Waals surface area (Å²) < 4.78 is 5.10. The van der Waals surface area contributed by atoms with E-state index in [0.717, 1.165) is 0 Å². The highest BCUT2D eigenvalue weighted by atomic mass is 16.5. The van der Waals surface area contributed by atoms with Gasteiger partial charge in [0.05, 0.1) is 25.6 Å². The fourth-order valence-electron chi connectivity index (χ4n) is 1.53. The van der Waals surface area contributed by atoms with E-state index in [1.807, 2.05) is 6.07 Å². The summed E-state index contributed by atoms with van der Waals surface area (Å²) in [6.07, 6.45) is -0.734. The van der Waals surface area contributed by atoms with E-state index < -0.39 is 18.1 Å². The molecule has 1 heterocycles. The van der Waals surface area contributed by atoms with Crippen LogP contribution in [0.4, 0.5) is 4.79 Å². The van der Waals surface area contributed by atoms with E-state index in [1.54, 1.807) is 6.92 Å². The molecule has 2 N–H and O–H groups in total. The van der Waals surface area contributed by atoms with Crippen LogP contribution in [0.25, 0.3) is 0 Å². The van der Waals surface area contributed by atoms with Crippen molar-refractivity contribution < 1.29 is 19.4 Å². The van der Waals surface area contributed by atoms with Gasteiger partial charge in [0, 0.05) is 12.6 Å². The van der Waals surface area contributed by atoms with E-state index in [9.17, 15) is 9.59 Å². The van der Waals surface area contributed by atoms with E-state index in [2.05, 4.69) is 5.32 Å². The van der Waals surface area contributed by atoms with Gasteiger partial charge in [-0.25, -0.2) is 4.79 Å². The normalized spacial score (nSPS) is 21.4. The Morgan fingerprint density at radius 2 is 2.41 bits per heavy atom. The van der Waals surface area contributed by atoms with E-state index >= 15 is 0 Å². The summed E-state index contributed by atoms with van der Waals surface area (Å²) in [6.45, 7) is 2.55. The zero-order valence-corrected chi connectivity index (χ0v) is 9.55. The quantitative estimate of drug-likeness (QED) is 0.711. The number of carboxylic acids is 1. The van der Waals surface area contributed by atoms with Gasteiger partial charge in [0.25, 0.3) is 0 Å². The van der Waals surface area contributed by atoms with E-state index in [-0.39, 0.29) is 19.0 Å². The van der Waals surface area contributed by atoms with Crippen LogP contribution in [0.2, 0.25) is 0 Å². The number of morpholine rings is 1. The van der Waals surface area contributed by atoms with Crippen LogP contribution < -0.4 is 5.32 Å². The second kappa shape index (κ2) is 6.06. The molecule has 0 aromatic carbocycles. The lowest BCUT2D eigenvalue weighted by Crippen LogP contribution is -2.51. The van der Waals surface area contributed by atoms with Crippen LogP contribution in [-0.2, 0) is 9.53 Å². The number of carbonyl (C=O) groups is 2. The van der Waals surface area contributed by atoms with Crippen LogP contribution in [0, 0.1) is 11.3 Å². The maximum Gasteiger partial charge on any atom is 0.317 e. The van der Waals surface area contributed by atoms with Crippen LogP contribution in [0.3, 0.4) is 0 Å². The van der Waals surface area contributed by atoms with Gasteiger partial charge in [-0.1, -0.05) is 0 Å². The van der Waals surface area contributed by atoms with Crippen molar-refractivity contribution in [3.05, 3.63) is 0 Å². The number of rotatable bonds is 3. The minimum absolute atomic E-state index is 0.127. The minimum atomic E-state index is -0.963. The standard InChI is InChI=1S/C10H15N3O4/c1-7(4-9(14)15)12-10(16)13-2-3-17-8(5-11)6-13/h7-8H,2-4,6H2,1H3,(H,12,16)(H,14,15). The first kappa shape index (κ1) is 13.3. The van der Waals surface area contributed by atoms with Gasteiger partial charge >= 0.3 is 12.0 Å². The third-order valence-electron chi connectivity index (χ3n) is 2.35. The zero-order chi connectivity index (χ0) is 12.8. The Balaban J connectivity index is 2.42. The molecule has 0 radical (unpaired) electrons. The Labute approximate surface area is 99.0 Å². The Bertz CT molecular complexity index is 339. The second-order valence-corrected chi connectivity index (χ2v) is 3.88. The molecule has 1 aliphatic heterocycles. The molecule has 0 aromatic heterocycles. The molecule has 2 amide bonds. The summed E-state index contributed by atoms with van der Waals surface area (Å²) in [5, 5.41) is 19.8. The molecule has 1 fully saturated rings. The van der Waals surface area contributed by atoms with Crippen molar-refractivity contribution in [1.82, 2.24) is 10.2 Å². The lowest BCUT2D eigenvalue weighted by Gasteiger charge is -2.30. The highest BCUT2D eigenvalue weighted by Gasteiger charge is 2.24. The summed E-state index contributed by atoms with van der Waals surface area (Å²) in [6, 6.07) is 1.14. The molecule has 2 unspecified atom stereocenters. The number of nitrogens with zero attached hydrogens (tertiary/aromatic N) is 2. The molecule has 17 heavy (non-hydrogen) atoms. The number of carbonyl (C=O) groups excluding carboxylic acids is 1. The topological polar surface area (TPSA) is 103 Å². The van der Waals surface area contributed by atoms with Crippen molar-refractivity contribution in [1.29, 1.82) is 5.26 Å². The number of aliphatic carboxylic acids is 1. The SMILES string of the molecule is CC(CC(=O)O)NC(=O)N1CCOC(C#N)C1. The molecule has 1 saturated heterocycles. The predicted octanol–water partition coefficient (Wildman–Crippen LogP) is -0.216. The molecule has 0 spiro atoms. The molecule has 1 aliphatic rings. The number of hydrogen-bond donors (Lipinski definition) is 2. The number of amides is 2.